The molecule has 1 rings (SSSR count). The fourth-order valence-electron chi connectivity index (χ4n) is 1.38. The number of ether oxygens (including phenoxy) is 1. The molecular weight excluding hydrogens is 223 g/mol. The van der Waals surface area contributed by atoms with Crippen molar-refractivity contribution in [1.29, 1.82) is 0 Å². The number of carbonyl (C=O) groups is 1. The standard InChI is InChI=1S/C10H16F3NO2/c1-7(2)5-14(8-3-4-8)9(15)16-6-10(11,12)13/h7-8H,3-6H2,1-2H3. The molecule has 0 heterocycles. The molecule has 0 aromatic rings. The summed E-state index contributed by atoms with van der Waals surface area (Å²) >= 11 is 0. The number of rotatable bonds is 4. The lowest BCUT2D eigenvalue weighted by atomic mass is 10.2. The van der Waals surface area contributed by atoms with E-state index in [-0.39, 0.29) is 12.0 Å². The Hall–Kier alpha value is -0.940. The Bertz CT molecular complexity index is 249. The second kappa shape index (κ2) is 4.93. The second-order valence-electron chi connectivity index (χ2n) is 4.45. The zero-order chi connectivity index (χ0) is 12.3. The van der Waals surface area contributed by atoms with Gasteiger partial charge < -0.3 is 9.64 Å². The van der Waals surface area contributed by atoms with Crippen LogP contribution in [0.2, 0.25) is 0 Å². The van der Waals surface area contributed by atoms with Crippen molar-refractivity contribution in [2.24, 2.45) is 5.92 Å². The molecule has 3 nitrogen and oxygen atoms in total. The van der Waals surface area contributed by atoms with Gasteiger partial charge in [-0.3, -0.25) is 0 Å². The average Bonchev–Trinajstić information content (AvgIpc) is 2.92. The molecule has 0 unspecified atom stereocenters. The first-order valence-electron chi connectivity index (χ1n) is 5.29. The molecule has 0 N–H and O–H groups in total. The van der Waals surface area contributed by atoms with E-state index in [2.05, 4.69) is 4.74 Å². The molecule has 1 aliphatic rings. The summed E-state index contributed by atoms with van der Waals surface area (Å²) in [4.78, 5) is 12.8. The first-order chi connectivity index (χ1) is 7.29. The first kappa shape index (κ1) is 13.1. The van der Waals surface area contributed by atoms with E-state index in [0.29, 0.717) is 6.54 Å². The minimum Gasteiger partial charge on any atom is -0.440 e. The predicted molar refractivity (Wildman–Crippen MR) is 52.0 cm³/mol. The molecule has 1 saturated carbocycles. The Morgan fingerprint density at radius 2 is 2.00 bits per heavy atom. The molecule has 1 fully saturated rings. The number of carbonyl (C=O) groups excluding carboxylic acids is 1. The topological polar surface area (TPSA) is 29.5 Å². The van der Waals surface area contributed by atoms with Gasteiger partial charge in [-0.25, -0.2) is 4.79 Å². The first-order valence-corrected chi connectivity index (χ1v) is 5.29. The van der Waals surface area contributed by atoms with E-state index in [0.717, 1.165) is 12.8 Å². The third-order valence-corrected chi connectivity index (χ3v) is 2.14. The molecule has 94 valence electrons. The predicted octanol–water partition coefficient (Wildman–Crippen LogP) is 2.81. The molecule has 0 radical (unpaired) electrons. The van der Waals surface area contributed by atoms with E-state index in [1.165, 1.54) is 4.90 Å². The summed E-state index contributed by atoms with van der Waals surface area (Å²) in [6.45, 7) is 2.76. The van der Waals surface area contributed by atoms with Gasteiger partial charge in [0.25, 0.3) is 0 Å². The molecule has 1 aliphatic carbocycles. The lowest BCUT2D eigenvalue weighted by Crippen LogP contribution is -2.38. The van der Waals surface area contributed by atoms with Crippen LogP contribution in [0.25, 0.3) is 0 Å². The van der Waals surface area contributed by atoms with Gasteiger partial charge in [-0.05, 0) is 18.8 Å². The van der Waals surface area contributed by atoms with Crippen LogP contribution >= 0.6 is 0 Å². The highest BCUT2D eigenvalue weighted by molar-refractivity contribution is 5.68. The van der Waals surface area contributed by atoms with Gasteiger partial charge >= 0.3 is 12.3 Å². The van der Waals surface area contributed by atoms with Gasteiger partial charge in [0.1, 0.15) is 0 Å². The number of nitrogens with zero attached hydrogens (tertiary/aromatic N) is 1. The zero-order valence-corrected chi connectivity index (χ0v) is 9.38. The van der Waals surface area contributed by atoms with Crippen molar-refractivity contribution in [2.75, 3.05) is 13.2 Å². The minimum absolute atomic E-state index is 0.0723. The number of hydrogen-bond donors (Lipinski definition) is 0. The molecule has 0 aromatic carbocycles. The molecule has 6 heteroatoms. The van der Waals surface area contributed by atoms with Gasteiger partial charge in [-0.15, -0.1) is 0 Å². The third kappa shape index (κ3) is 4.72. The van der Waals surface area contributed by atoms with Gasteiger partial charge in [0, 0.05) is 12.6 Å². The largest absolute Gasteiger partial charge is 0.440 e. The molecule has 1 amide bonds. The lowest BCUT2D eigenvalue weighted by molar-refractivity contribution is -0.162. The summed E-state index contributed by atoms with van der Waals surface area (Å²) < 4.78 is 39.8. The SMILES string of the molecule is CC(C)CN(C(=O)OCC(F)(F)F)C1CC1. The molecule has 0 aliphatic heterocycles. The van der Waals surface area contributed by atoms with Crippen molar-refractivity contribution < 1.29 is 22.7 Å². The van der Waals surface area contributed by atoms with Crippen molar-refractivity contribution in [2.45, 2.75) is 38.9 Å². The summed E-state index contributed by atoms with van der Waals surface area (Å²) in [6.07, 6.45) is -3.60. The molecule has 0 aromatic heterocycles. The highest BCUT2D eigenvalue weighted by atomic mass is 19.4. The summed E-state index contributed by atoms with van der Waals surface area (Å²) in [6, 6.07) is 0.0723. The summed E-state index contributed by atoms with van der Waals surface area (Å²) in [5.74, 6) is 0.221. The number of alkyl halides is 3. The summed E-state index contributed by atoms with van der Waals surface area (Å²) in [5.41, 5.74) is 0. The van der Waals surface area contributed by atoms with E-state index >= 15 is 0 Å². The highest BCUT2D eigenvalue weighted by Crippen LogP contribution is 2.28. The quantitative estimate of drug-likeness (QED) is 0.755. The van der Waals surface area contributed by atoms with E-state index in [1.54, 1.807) is 0 Å². The number of hydrogen-bond acceptors (Lipinski definition) is 2. The van der Waals surface area contributed by atoms with Crippen molar-refractivity contribution >= 4 is 6.09 Å². The zero-order valence-electron chi connectivity index (χ0n) is 9.38. The lowest BCUT2D eigenvalue weighted by Gasteiger charge is -2.23. The molecule has 0 spiro atoms. The number of amides is 1. The average molecular weight is 239 g/mol. The Balaban J connectivity index is 2.41. The van der Waals surface area contributed by atoms with Crippen LogP contribution in [0.5, 0.6) is 0 Å². The molecule has 0 saturated heterocycles. The molecule has 16 heavy (non-hydrogen) atoms. The van der Waals surface area contributed by atoms with Crippen LogP contribution < -0.4 is 0 Å². The van der Waals surface area contributed by atoms with Gasteiger partial charge in [-0.2, -0.15) is 13.2 Å². The van der Waals surface area contributed by atoms with Gasteiger partial charge in [0.05, 0.1) is 0 Å². The second-order valence-corrected chi connectivity index (χ2v) is 4.45. The van der Waals surface area contributed by atoms with Crippen molar-refractivity contribution in [1.82, 2.24) is 4.90 Å². The van der Waals surface area contributed by atoms with Gasteiger partial charge in [-0.1, -0.05) is 13.8 Å². The van der Waals surface area contributed by atoms with E-state index < -0.39 is 18.9 Å². The fourth-order valence-corrected chi connectivity index (χ4v) is 1.38. The highest BCUT2D eigenvalue weighted by Gasteiger charge is 2.36. The van der Waals surface area contributed by atoms with E-state index in [1.807, 2.05) is 13.8 Å². The van der Waals surface area contributed by atoms with Crippen molar-refractivity contribution in [3.8, 4) is 0 Å². The Morgan fingerprint density at radius 3 is 2.38 bits per heavy atom. The summed E-state index contributed by atoms with van der Waals surface area (Å²) in [5, 5.41) is 0. The minimum atomic E-state index is -4.46. The van der Waals surface area contributed by atoms with Crippen LogP contribution in [0, 0.1) is 5.92 Å². The van der Waals surface area contributed by atoms with Crippen molar-refractivity contribution in [3.05, 3.63) is 0 Å². The maximum Gasteiger partial charge on any atom is 0.422 e. The van der Waals surface area contributed by atoms with Crippen molar-refractivity contribution in [3.63, 3.8) is 0 Å². The van der Waals surface area contributed by atoms with Gasteiger partial charge in [0.2, 0.25) is 0 Å². The normalized spacial score (nSPS) is 16.4. The van der Waals surface area contributed by atoms with E-state index in [9.17, 15) is 18.0 Å². The maximum atomic E-state index is 11.9. The van der Waals surface area contributed by atoms with Gasteiger partial charge in [0.15, 0.2) is 6.61 Å². The molecule has 0 bridgehead atoms. The van der Waals surface area contributed by atoms with Crippen LogP contribution in [-0.2, 0) is 4.74 Å². The summed E-state index contributed by atoms with van der Waals surface area (Å²) in [7, 11) is 0. The third-order valence-electron chi connectivity index (χ3n) is 2.14. The fraction of sp³-hybridized carbons (Fsp3) is 0.900. The monoisotopic (exact) mass is 239 g/mol. The van der Waals surface area contributed by atoms with Crippen LogP contribution in [0.15, 0.2) is 0 Å². The Labute approximate surface area is 92.5 Å². The Kier molecular flexibility index (Phi) is 4.04. The molecule has 0 atom stereocenters. The number of halogens is 3. The molecular formula is C10H16F3NO2. The van der Waals surface area contributed by atoms with E-state index in [4.69, 9.17) is 0 Å². The van der Waals surface area contributed by atoms with Crippen LogP contribution in [-0.4, -0.2) is 36.4 Å². The van der Waals surface area contributed by atoms with Crippen LogP contribution in [0.4, 0.5) is 18.0 Å². The van der Waals surface area contributed by atoms with Crippen LogP contribution in [0.3, 0.4) is 0 Å². The maximum absolute atomic E-state index is 11.9. The smallest absolute Gasteiger partial charge is 0.422 e. The Morgan fingerprint density at radius 1 is 1.44 bits per heavy atom. The van der Waals surface area contributed by atoms with Crippen LogP contribution in [0.1, 0.15) is 26.7 Å².